The van der Waals surface area contributed by atoms with Gasteiger partial charge in [0, 0.05) is 12.7 Å². The van der Waals surface area contributed by atoms with Crippen molar-refractivity contribution in [2.24, 2.45) is 10.8 Å². The Morgan fingerprint density at radius 1 is 1.56 bits per heavy atom. The van der Waals surface area contributed by atoms with Crippen molar-refractivity contribution in [3.63, 3.8) is 0 Å². The maximum Gasteiger partial charge on any atom is 0.206 e. The van der Waals surface area contributed by atoms with Crippen molar-refractivity contribution in [3.05, 3.63) is 23.2 Å². The topological polar surface area (TPSA) is 84.8 Å². The number of methoxy groups -OCH3 is 1. The summed E-state index contributed by atoms with van der Waals surface area (Å²) in [7, 11) is 1.64. The van der Waals surface area contributed by atoms with Gasteiger partial charge >= 0.3 is 0 Å². The first-order valence-corrected chi connectivity index (χ1v) is 5.92. The molecule has 102 valence electrons. The third kappa shape index (κ3) is 4.05. The van der Waals surface area contributed by atoms with Crippen LogP contribution >= 0.6 is 0 Å². The lowest BCUT2D eigenvalue weighted by Crippen LogP contribution is -2.43. The number of nitrogens with one attached hydrogen (secondary N) is 2. The van der Waals surface area contributed by atoms with Crippen molar-refractivity contribution in [1.82, 2.24) is 10.7 Å². The molecule has 0 saturated heterocycles. The van der Waals surface area contributed by atoms with Crippen LogP contribution in [0.15, 0.2) is 15.5 Å². The summed E-state index contributed by atoms with van der Waals surface area (Å²) >= 11 is 0. The van der Waals surface area contributed by atoms with Crippen molar-refractivity contribution in [3.8, 4) is 0 Å². The molecule has 1 unspecified atom stereocenters. The molecule has 0 aliphatic rings. The Morgan fingerprint density at radius 3 is 2.78 bits per heavy atom. The van der Waals surface area contributed by atoms with Gasteiger partial charge in [0.1, 0.15) is 11.5 Å². The summed E-state index contributed by atoms with van der Waals surface area (Å²) in [5.41, 5.74) is 3.64. The Kier molecular flexibility index (Phi) is 5.67. The highest BCUT2D eigenvalue weighted by molar-refractivity contribution is 5.79. The fraction of sp³-hybridized carbons (Fsp3) is 0.583. The second kappa shape index (κ2) is 7.03. The van der Waals surface area contributed by atoms with Crippen molar-refractivity contribution < 1.29 is 9.15 Å². The number of guanidine groups is 1. The summed E-state index contributed by atoms with van der Waals surface area (Å²) in [6.45, 7) is 7.01. The first kappa shape index (κ1) is 14.5. The molecule has 1 aromatic rings. The Labute approximate surface area is 108 Å². The van der Waals surface area contributed by atoms with Gasteiger partial charge in [0.05, 0.1) is 19.2 Å². The number of hydrogen-bond acceptors (Lipinski definition) is 4. The average molecular weight is 254 g/mol. The van der Waals surface area contributed by atoms with Gasteiger partial charge in [-0.2, -0.15) is 0 Å². The molecule has 1 heterocycles. The molecule has 6 heteroatoms. The van der Waals surface area contributed by atoms with Crippen molar-refractivity contribution in [2.45, 2.75) is 26.8 Å². The average Bonchev–Trinajstić information content (AvgIpc) is 2.67. The standard InChI is InChI=1S/C12H22N4O2/c1-8-7-11(10(3)18-8)9(2)15-12(16-13)14-5-6-17-4/h7,9H,5-6,13H2,1-4H3,(H2,14,15,16). The summed E-state index contributed by atoms with van der Waals surface area (Å²) in [4.78, 5) is 4.25. The molecule has 0 bridgehead atoms. The highest BCUT2D eigenvalue weighted by Crippen LogP contribution is 2.20. The van der Waals surface area contributed by atoms with E-state index in [1.165, 1.54) is 0 Å². The molecule has 0 radical (unpaired) electrons. The summed E-state index contributed by atoms with van der Waals surface area (Å²) in [5, 5.41) is 3.19. The zero-order valence-corrected chi connectivity index (χ0v) is 11.4. The molecular weight excluding hydrogens is 232 g/mol. The molecule has 0 fully saturated rings. The van der Waals surface area contributed by atoms with E-state index in [9.17, 15) is 0 Å². The van der Waals surface area contributed by atoms with Crippen molar-refractivity contribution >= 4 is 5.96 Å². The highest BCUT2D eigenvalue weighted by Gasteiger charge is 2.13. The number of rotatable bonds is 5. The number of hydrogen-bond donors (Lipinski definition) is 3. The maximum absolute atomic E-state index is 5.50. The normalized spacial score (nSPS) is 13.5. The number of ether oxygens (including phenoxy) is 1. The maximum atomic E-state index is 5.50. The molecule has 18 heavy (non-hydrogen) atoms. The van der Waals surface area contributed by atoms with Crippen LogP contribution in [-0.2, 0) is 4.74 Å². The number of furan rings is 1. The molecule has 1 atom stereocenters. The van der Waals surface area contributed by atoms with Gasteiger partial charge in [-0.25, -0.2) is 10.8 Å². The van der Waals surface area contributed by atoms with Gasteiger partial charge in [0.2, 0.25) is 5.96 Å². The van der Waals surface area contributed by atoms with Crippen LogP contribution in [-0.4, -0.2) is 26.2 Å². The van der Waals surface area contributed by atoms with E-state index in [0.717, 1.165) is 17.1 Å². The molecule has 0 spiro atoms. The van der Waals surface area contributed by atoms with Crippen LogP contribution in [0.25, 0.3) is 0 Å². The molecule has 6 nitrogen and oxygen atoms in total. The van der Waals surface area contributed by atoms with Gasteiger partial charge in [0.25, 0.3) is 0 Å². The van der Waals surface area contributed by atoms with E-state index in [1.54, 1.807) is 7.11 Å². The summed E-state index contributed by atoms with van der Waals surface area (Å²) < 4.78 is 10.4. The zero-order valence-electron chi connectivity index (χ0n) is 11.4. The molecule has 0 aliphatic heterocycles. The van der Waals surface area contributed by atoms with E-state index >= 15 is 0 Å². The van der Waals surface area contributed by atoms with Gasteiger partial charge in [-0.05, 0) is 26.8 Å². The molecule has 0 aromatic carbocycles. The summed E-state index contributed by atoms with van der Waals surface area (Å²) in [6.07, 6.45) is 0. The van der Waals surface area contributed by atoms with E-state index in [2.05, 4.69) is 15.7 Å². The number of aliphatic imine (C=N–C) groups is 1. The van der Waals surface area contributed by atoms with Crippen molar-refractivity contribution in [1.29, 1.82) is 0 Å². The Morgan fingerprint density at radius 2 is 2.28 bits per heavy atom. The minimum atomic E-state index is 0.0693. The van der Waals surface area contributed by atoms with Crippen LogP contribution in [0.4, 0.5) is 0 Å². The van der Waals surface area contributed by atoms with E-state index in [-0.39, 0.29) is 6.04 Å². The molecule has 0 saturated carbocycles. The van der Waals surface area contributed by atoms with Crippen LogP contribution < -0.4 is 16.6 Å². The Balaban J connectivity index is 2.64. The predicted octanol–water partition coefficient (Wildman–Crippen LogP) is 1.01. The smallest absolute Gasteiger partial charge is 0.206 e. The van der Waals surface area contributed by atoms with Gasteiger partial charge in [-0.15, -0.1) is 0 Å². The second-order valence-electron chi connectivity index (χ2n) is 4.10. The predicted molar refractivity (Wildman–Crippen MR) is 71.2 cm³/mol. The fourth-order valence-corrected chi connectivity index (χ4v) is 1.74. The van der Waals surface area contributed by atoms with Crippen LogP contribution in [0.2, 0.25) is 0 Å². The molecular formula is C12H22N4O2. The first-order valence-electron chi connectivity index (χ1n) is 5.92. The monoisotopic (exact) mass is 254 g/mol. The Hall–Kier alpha value is -1.53. The molecule has 1 aromatic heterocycles. The van der Waals surface area contributed by atoms with Gasteiger partial charge in [-0.3, -0.25) is 5.43 Å². The van der Waals surface area contributed by atoms with E-state index in [4.69, 9.17) is 15.0 Å². The lowest BCUT2D eigenvalue weighted by Gasteiger charge is -2.16. The highest BCUT2D eigenvalue weighted by atomic mass is 16.5. The molecule has 1 rings (SSSR count). The number of hydrazine groups is 1. The second-order valence-corrected chi connectivity index (χ2v) is 4.10. The first-order chi connectivity index (χ1) is 8.58. The number of nitrogens with zero attached hydrogens (tertiary/aromatic N) is 1. The lowest BCUT2D eigenvalue weighted by molar-refractivity contribution is 0.208. The van der Waals surface area contributed by atoms with Crippen LogP contribution in [0.1, 0.15) is 30.0 Å². The lowest BCUT2D eigenvalue weighted by atomic mass is 10.1. The molecule has 4 N–H and O–H groups in total. The number of nitrogens with two attached hydrogens (primary N) is 1. The molecule has 0 amide bonds. The van der Waals surface area contributed by atoms with Gasteiger partial charge in [0.15, 0.2) is 0 Å². The van der Waals surface area contributed by atoms with Gasteiger partial charge in [-0.1, -0.05) is 0 Å². The Bertz CT molecular complexity index is 401. The molecule has 0 aliphatic carbocycles. The van der Waals surface area contributed by atoms with E-state index in [0.29, 0.717) is 19.1 Å². The largest absolute Gasteiger partial charge is 0.466 e. The fourth-order valence-electron chi connectivity index (χ4n) is 1.74. The van der Waals surface area contributed by atoms with Crippen LogP contribution in [0.3, 0.4) is 0 Å². The van der Waals surface area contributed by atoms with E-state index in [1.807, 2.05) is 26.8 Å². The van der Waals surface area contributed by atoms with Crippen LogP contribution in [0.5, 0.6) is 0 Å². The third-order valence-corrected chi connectivity index (χ3v) is 2.60. The number of aryl methyl sites for hydroxylation is 2. The minimum Gasteiger partial charge on any atom is -0.466 e. The quantitative estimate of drug-likeness (QED) is 0.240. The SMILES string of the molecule is COCCN=C(NN)NC(C)c1cc(C)oc1C. The van der Waals surface area contributed by atoms with Crippen molar-refractivity contribution in [2.75, 3.05) is 20.3 Å². The summed E-state index contributed by atoms with van der Waals surface area (Å²) in [6, 6.07) is 2.08. The van der Waals surface area contributed by atoms with Gasteiger partial charge < -0.3 is 14.5 Å². The zero-order chi connectivity index (χ0) is 13.5. The third-order valence-electron chi connectivity index (χ3n) is 2.60. The summed E-state index contributed by atoms with van der Waals surface area (Å²) in [5.74, 6) is 7.76. The minimum absolute atomic E-state index is 0.0693. The van der Waals surface area contributed by atoms with Crippen LogP contribution in [0, 0.1) is 13.8 Å². The van der Waals surface area contributed by atoms with E-state index < -0.39 is 0 Å².